The maximum atomic E-state index is 13.2. The Kier molecular flexibility index (Phi) is 4.48. The van der Waals surface area contributed by atoms with Gasteiger partial charge in [-0.3, -0.25) is 0 Å². The molecule has 0 aliphatic heterocycles. The van der Waals surface area contributed by atoms with Crippen molar-refractivity contribution in [1.29, 1.82) is 0 Å². The lowest BCUT2D eigenvalue weighted by Gasteiger charge is -2.16. The number of benzene rings is 1. The van der Waals surface area contributed by atoms with E-state index in [0.29, 0.717) is 0 Å². The van der Waals surface area contributed by atoms with Gasteiger partial charge in [-0.25, -0.2) is 8.78 Å². The molecule has 0 aliphatic rings. The third-order valence-corrected chi connectivity index (χ3v) is 4.72. The third kappa shape index (κ3) is 2.96. The Labute approximate surface area is 117 Å². The highest BCUT2D eigenvalue weighted by Crippen LogP contribution is 2.28. The fraction of sp³-hybridized carbons (Fsp3) is 0.231. The Morgan fingerprint density at radius 3 is 2.61 bits per heavy atom. The molecule has 96 valence electrons. The Morgan fingerprint density at radius 2 is 2.06 bits per heavy atom. The van der Waals surface area contributed by atoms with Gasteiger partial charge in [0.05, 0.1) is 0 Å². The quantitative estimate of drug-likeness (QED) is 0.881. The summed E-state index contributed by atoms with van der Waals surface area (Å²) >= 11 is 5.11. The van der Waals surface area contributed by atoms with E-state index in [1.807, 2.05) is 18.5 Å². The number of hydrogen-bond acceptors (Lipinski definition) is 2. The fourth-order valence-electron chi connectivity index (χ4n) is 1.77. The van der Waals surface area contributed by atoms with Crippen LogP contribution in [0.2, 0.25) is 0 Å². The summed E-state index contributed by atoms with van der Waals surface area (Å²) in [5.74, 6) is -1.62. The second-order valence-electron chi connectivity index (χ2n) is 3.91. The van der Waals surface area contributed by atoms with Crippen molar-refractivity contribution in [1.82, 2.24) is 5.32 Å². The van der Waals surface area contributed by atoms with E-state index >= 15 is 0 Å². The van der Waals surface area contributed by atoms with Crippen LogP contribution in [0.1, 0.15) is 16.5 Å². The first-order valence-electron chi connectivity index (χ1n) is 5.46. The van der Waals surface area contributed by atoms with E-state index in [2.05, 4.69) is 21.2 Å². The van der Waals surface area contributed by atoms with E-state index in [4.69, 9.17) is 0 Å². The van der Waals surface area contributed by atoms with Gasteiger partial charge in [0, 0.05) is 21.8 Å². The molecule has 0 saturated heterocycles. The van der Waals surface area contributed by atoms with E-state index in [0.717, 1.165) is 16.5 Å². The molecule has 1 atom stereocenters. The molecule has 1 nitrogen and oxygen atoms in total. The van der Waals surface area contributed by atoms with Crippen LogP contribution in [-0.2, 0) is 6.42 Å². The molecule has 0 bridgehead atoms. The first kappa shape index (κ1) is 13.6. The van der Waals surface area contributed by atoms with E-state index in [9.17, 15) is 8.78 Å². The maximum Gasteiger partial charge on any atom is 0.159 e. The number of likely N-dealkylation sites (N-methyl/N-ethyl adjacent to an activating group) is 1. The molecule has 1 heterocycles. The lowest BCUT2D eigenvalue weighted by Crippen LogP contribution is -2.18. The number of thiophene rings is 1. The Morgan fingerprint density at radius 1 is 1.28 bits per heavy atom. The normalized spacial score (nSPS) is 12.7. The van der Waals surface area contributed by atoms with Crippen molar-refractivity contribution in [2.75, 3.05) is 7.05 Å². The lowest BCUT2D eigenvalue weighted by atomic mass is 10.0. The van der Waals surface area contributed by atoms with Gasteiger partial charge in [-0.05, 0) is 52.1 Å². The van der Waals surface area contributed by atoms with Crippen LogP contribution < -0.4 is 5.32 Å². The summed E-state index contributed by atoms with van der Waals surface area (Å²) < 4.78 is 27.2. The molecule has 0 saturated carbocycles. The van der Waals surface area contributed by atoms with Crippen LogP contribution >= 0.6 is 27.3 Å². The first-order chi connectivity index (χ1) is 8.61. The molecule has 0 spiro atoms. The van der Waals surface area contributed by atoms with Gasteiger partial charge >= 0.3 is 0 Å². The predicted molar refractivity (Wildman–Crippen MR) is 73.9 cm³/mol. The van der Waals surface area contributed by atoms with Crippen LogP contribution in [0.5, 0.6) is 0 Å². The van der Waals surface area contributed by atoms with Crippen molar-refractivity contribution in [3.8, 4) is 0 Å². The van der Waals surface area contributed by atoms with Crippen LogP contribution in [0.25, 0.3) is 0 Å². The molecule has 1 aromatic heterocycles. The molecule has 0 radical (unpaired) electrons. The first-order valence-corrected chi connectivity index (χ1v) is 7.13. The molecule has 1 N–H and O–H groups in total. The highest BCUT2D eigenvalue weighted by molar-refractivity contribution is 9.10. The van der Waals surface area contributed by atoms with Gasteiger partial charge in [-0.2, -0.15) is 0 Å². The van der Waals surface area contributed by atoms with Crippen molar-refractivity contribution < 1.29 is 8.78 Å². The maximum absolute atomic E-state index is 13.2. The van der Waals surface area contributed by atoms with Gasteiger partial charge in [0.15, 0.2) is 11.6 Å². The number of halogens is 3. The molecule has 2 rings (SSSR count). The SMILES string of the molecule is CNC(Cc1sccc1Br)c1ccc(F)c(F)c1. The van der Waals surface area contributed by atoms with Crippen LogP contribution in [0, 0.1) is 11.6 Å². The van der Waals surface area contributed by atoms with Gasteiger partial charge < -0.3 is 5.32 Å². The monoisotopic (exact) mass is 331 g/mol. The number of rotatable bonds is 4. The van der Waals surface area contributed by atoms with Crippen molar-refractivity contribution in [2.45, 2.75) is 12.5 Å². The minimum Gasteiger partial charge on any atom is -0.313 e. The summed E-state index contributed by atoms with van der Waals surface area (Å²) in [4.78, 5) is 1.18. The molecule has 18 heavy (non-hydrogen) atoms. The summed E-state index contributed by atoms with van der Waals surface area (Å²) in [5, 5.41) is 5.12. The smallest absolute Gasteiger partial charge is 0.159 e. The molecular formula is C13H12BrF2NS. The Bertz CT molecular complexity index is 542. The minimum absolute atomic E-state index is 0.0324. The Balaban J connectivity index is 2.23. The van der Waals surface area contributed by atoms with Gasteiger partial charge in [-0.15, -0.1) is 11.3 Å². The zero-order valence-corrected chi connectivity index (χ0v) is 12.1. The number of nitrogens with one attached hydrogen (secondary N) is 1. The summed E-state index contributed by atoms with van der Waals surface area (Å²) in [6, 6.07) is 5.98. The molecular weight excluding hydrogens is 320 g/mol. The van der Waals surface area contributed by atoms with Gasteiger partial charge in [0.1, 0.15) is 0 Å². The largest absolute Gasteiger partial charge is 0.313 e. The molecule has 5 heteroatoms. The summed E-state index contributed by atoms with van der Waals surface area (Å²) in [7, 11) is 1.81. The topological polar surface area (TPSA) is 12.0 Å². The Hall–Kier alpha value is -0.780. The zero-order chi connectivity index (χ0) is 13.1. The van der Waals surface area contributed by atoms with E-state index in [1.165, 1.54) is 17.0 Å². The highest BCUT2D eigenvalue weighted by atomic mass is 79.9. The summed E-state index contributed by atoms with van der Waals surface area (Å²) in [6.07, 6.45) is 0.736. The van der Waals surface area contributed by atoms with Crippen molar-refractivity contribution in [2.24, 2.45) is 0 Å². The third-order valence-electron chi connectivity index (χ3n) is 2.78. The van der Waals surface area contributed by atoms with E-state index < -0.39 is 11.6 Å². The molecule has 1 unspecified atom stereocenters. The van der Waals surface area contributed by atoms with Gasteiger partial charge in [-0.1, -0.05) is 6.07 Å². The highest BCUT2D eigenvalue weighted by Gasteiger charge is 2.14. The average Bonchev–Trinajstić information content (AvgIpc) is 2.75. The standard InChI is InChI=1S/C13H12BrF2NS/c1-17-12(7-13-9(14)4-5-18-13)8-2-3-10(15)11(16)6-8/h2-6,12,17H,7H2,1H3. The van der Waals surface area contributed by atoms with E-state index in [1.54, 1.807) is 17.4 Å². The number of hydrogen-bond donors (Lipinski definition) is 1. The van der Waals surface area contributed by atoms with Crippen LogP contribution in [0.15, 0.2) is 34.1 Å². The average molecular weight is 332 g/mol. The molecule has 0 fully saturated rings. The fourth-order valence-corrected chi connectivity index (χ4v) is 3.33. The second-order valence-corrected chi connectivity index (χ2v) is 5.77. The van der Waals surface area contributed by atoms with Crippen molar-refractivity contribution >= 4 is 27.3 Å². The molecule has 0 aliphatic carbocycles. The predicted octanol–water partition coefficient (Wildman–Crippen LogP) is 4.29. The van der Waals surface area contributed by atoms with Crippen LogP contribution in [-0.4, -0.2) is 7.05 Å². The van der Waals surface area contributed by atoms with Crippen LogP contribution in [0.4, 0.5) is 8.78 Å². The molecule has 1 aromatic carbocycles. The van der Waals surface area contributed by atoms with Gasteiger partial charge in [0.2, 0.25) is 0 Å². The summed E-state index contributed by atoms with van der Waals surface area (Å²) in [6.45, 7) is 0. The second kappa shape index (κ2) is 5.91. The van der Waals surface area contributed by atoms with E-state index in [-0.39, 0.29) is 6.04 Å². The van der Waals surface area contributed by atoms with Crippen LogP contribution in [0.3, 0.4) is 0 Å². The molecule has 2 aromatic rings. The molecule has 0 amide bonds. The lowest BCUT2D eigenvalue weighted by molar-refractivity contribution is 0.501. The minimum atomic E-state index is -0.814. The van der Waals surface area contributed by atoms with Crippen molar-refractivity contribution in [3.05, 3.63) is 56.2 Å². The summed E-state index contributed by atoms with van der Waals surface area (Å²) in [5.41, 5.74) is 0.747. The zero-order valence-electron chi connectivity index (χ0n) is 9.71. The van der Waals surface area contributed by atoms with Gasteiger partial charge in [0.25, 0.3) is 0 Å². The van der Waals surface area contributed by atoms with Crippen molar-refractivity contribution in [3.63, 3.8) is 0 Å².